The van der Waals surface area contributed by atoms with Gasteiger partial charge in [0.15, 0.2) is 0 Å². The van der Waals surface area contributed by atoms with E-state index in [2.05, 4.69) is 19.6 Å². The number of alkyl halides is 2. The van der Waals surface area contributed by atoms with E-state index in [1.165, 1.54) is 12.1 Å². The van der Waals surface area contributed by atoms with Crippen LogP contribution in [-0.2, 0) is 24.4 Å². The smallest absolute Gasteiger partial charge is 0.266 e. The Morgan fingerprint density at radius 2 is 2.17 bits per heavy atom. The topological polar surface area (TPSA) is 61.1 Å². The molecule has 0 saturated carbocycles. The number of fused-ring (bicyclic) bond motifs is 2. The van der Waals surface area contributed by atoms with Crippen molar-refractivity contribution in [1.29, 1.82) is 0 Å². The molecule has 3 aliphatic heterocycles. The maximum absolute atomic E-state index is 14.1. The first-order valence-corrected chi connectivity index (χ1v) is 10.5. The van der Waals surface area contributed by atoms with E-state index in [0.29, 0.717) is 18.9 Å². The molecule has 3 aliphatic rings. The lowest BCUT2D eigenvalue weighted by molar-refractivity contribution is -0.110. The Balaban J connectivity index is 0.000000259. The van der Waals surface area contributed by atoms with Gasteiger partial charge >= 0.3 is 0 Å². The highest BCUT2D eigenvalue weighted by molar-refractivity contribution is 7.99. The molecule has 2 atom stereocenters. The normalized spacial score (nSPS) is 23.7. The highest BCUT2D eigenvalue weighted by atomic mass is 35.5. The molecule has 0 radical (unpaired) electrons. The Morgan fingerprint density at radius 1 is 1.37 bits per heavy atom. The minimum Gasteiger partial charge on any atom is -0.365 e. The second kappa shape index (κ2) is 8.33. The number of nitrogens with one attached hydrogen (secondary N) is 1. The van der Waals surface area contributed by atoms with Crippen molar-refractivity contribution >= 4 is 35.7 Å². The van der Waals surface area contributed by atoms with Crippen molar-refractivity contribution in [2.24, 2.45) is 0 Å². The molecule has 30 heavy (non-hydrogen) atoms. The van der Waals surface area contributed by atoms with Crippen LogP contribution < -0.4 is 5.32 Å². The van der Waals surface area contributed by atoms with Crippen LogP contribution in [0.4, 0.5) is 19.0 Å². The van der Waals surface area contributed by atoms with Crippen LogP contribution in [-0.4, -0.2) is 50.3 Å². The monoisotopic (exact) mass is 457 g/mol. The number of benzene rings is 1. The average Bonchev–Trinajstić information content (AvgIpc) is 3.02. The molecular formula is C19H19ClF3N5OS. The molecular weight excluding hydrogens is 439 g/mol. The first-order chi connectivity index (χ1) is 14.3. The molecule has 0 amide bonds. The van der Waals surface area contributed by atoms with Gasteiger partial charge in [0, 0.05) is 43.1 Å². The first kappa shape index (κ1) is 21.4. The summed E-state index contributed by atoms with van der Waals surface area (Å²) in [5.41, 5.74) is 1.30. The number of hydrogen-bond acceptors (Lipinski definition) is 7. The second-order valence-electron chi connectivity index (χ2n) is 7.44. The highest BCUT2D eigenvalue weighted by Gasteiger charge is 2.61. The average molecular weight is 458 g/mol. The van der Waals surface area contributed by atoms with Crippen LogP contribution in [0.15, 0.2) is 18.2 Å². The fraction of sp³-hybridized carbons (Fsp3) is 0.421. The lowest BCUT2D eigenvalue weighted by Gasteiger charge is -2.17. The number of halogens is 4. The van der Waals surface area contributed by atoms with Gasteiger partial charge in [0.1, 0.15) is 23.5 Å². The lowest BCUT2D eigenvalue weighted by Crippen LogP contribution is -2.29. The molecule has 1 aromatic heterocycles. The lowest BCUT2D eigenvalue weighted by atomic mass is 10.1. The summed E-state index contributed by atoms with van der Waals surface area (Å²) >= 11 is 7.66. The fourth-order valence-corrected chi connectivity index (χ4v) is 4.71. The van der Waals surface area contributed by atoms with Crippen LogP contribution in [0, 0.1) is 5.82 Å². The number of rotatable bonds is 5. The van der Waals surface area contributed by atoms with Crippen LogP contribution in [0.1, 0.15) is 28.8 Å². The van der Waals surface area contributed by atoms with Gasteiger partial charge in [0.05, 0.1) is 11.3 Å². The predicted molar refractivity (Wildman–Crippen MR) is 109 cm³/mol. The number of carbonyl (C=O) groups excluding carboxylic acids is 1. The quantitative estimate of drug-likeness (QED) is 0.318. The Hall–Kier alpha value is -1.88. The van der Waals surface area contributed by atoms with Gasteiger partial charge in [-0.2, -0.15) is 0 Å². The largest absolute Gasteiger partial charge is 0.365 e. The number of aromatic nitrogens is 2. The number of aldehydes is 1. The molecule has 0 spiro atoms. The zero-order valence-electron chi connectivity index (χ0n) is 16.0. The summed E-state index contributed by atoms with van der Waals surface area (Å²) in [4.78, 5) is 20.4. The standard InChI is InChI=1S/C15H14ClF3N4.C4H5NOS/c1-23-6-10-11(7-23)21-15(16)22-14(10)20-5-8-3-2-4-9(12(8)17)13(18)19;6-2-4-1-5(4)7-3-4/h2-4,13H,5-7H2,1H3,(H,20,21,22);2H,1,3H2. The van der Waals surface area contributed by atoms with Crippen molar-refractivity contribution in [1.82, 2.24) is 19.2 Å². The minimum atomic E-state index is -2.85. The molecule has 0 bridgehead atoms. The molecule has 4 heterocycles. The van der Waals surface area contributed by atoms with Gasteiger partial charge in [0.2, 0.25) is 5.28 Å². The molecule has 2 saturated heterocycles. The maximum Gasteiger partial charge on any atom is 0.266 e. The SMILES string of the molecule is CN1Cc2nc(Cl)nc(NCc3cccc(C(F)F)c3F)c2C1.O=CC12CSN1C2. The van der Waals surface area contributed by atoms with E-state index in [0.717, 1.165) is 35.9 Å². The third-order valence-corrected chi connectivity index (χ3v) is 6.81. The number of anilines is 1. The van der Waals surface area contributed by atoms with E-state index < -0.39 is 17.8 Å². The van der Waals surface area contributed by atoms with Crippen LogP contribution >= 0.6 is 23.5 Å². The van der Waals surface area contributed by atoms with Gasteiger partial charge < -0.3 is 10.1 Å². The molecule has 2 unspecified atom stereocenters. The second-order valence-corrected chi connectivity index (χ2v) is 8.77. The predicted octanol–water partition coefficient (Wildman–Crippen LogP) is 3.67. The van der Waals surface area contributed by atoms with E-state index in [4.69, 9.17) is 11.6 Å². The molecule has 11 heteroatoms. The van der Waals surface area contributed by atoms with E-state index in [1.54, 1.807) is 11.9 Å². The zero-order valence-corrected chi connectivity index (χ0v) is 17.6. The van der Waals surface area contributed by atoms with E-state index >= 15 is 0 Å². The first-order valence-electron chi connectivity index (χ1n) is 9.23. The summed E-state index contributed by atoms with van der Waals surface area (Å²) in [5, 5.41) is 3.08. The van der Waals surface area contributed by atoms with Crippen LogP contribution in [0.5, 0.6) is 0 Å². The van der Waals surface area contributed by atoms with Gasteiger partial charge in [-0.05, 0) is 18.6 Å². The zero-order chi connectivity index (χ0) is 21.5. The summed E-state index contributed by atoms with van der Waals surface area (Å²) in [6.45, 7) is 2.34. The van der Waals surface area contributed by atoms with Crippen molar-refractivity contribution in [3.63, 3.8) is 0 Å². The fourth-order valence-electron chi connectivity index (χ4n) is 3.36. The van der Waals surface area contributed by atoms with E-state index in [-0.39, 0.29) is 22.9 Å². The van der Waals surface area contributed by atoms with E-state index in [9.17, 15) is 18.0 Å². The van der Waals surface area contributed by atoms with Gasteiger partial charge in [-0.25, -0.2) is 27.4 Å². The Bertz CT molecular complexity index is 977. The number of carbonyl (C=O) groups is 1. The van der Waals surface area contributed by atoms with Crippen LogP contribution in [0.2, 0.25) is 5.28 Å². The third-order valence-electron chi connectivity index (χ3n) is 5.20. The molecule has 2 aromatic rings. The third kappa shape index (κ3) is 4.14. The van der Waals surface area contributed by atoms with Crippen molar-refractivity contribution in [2.75, 3.05) is 24.7 Å². The molecule has 0 aliphatic carbocycles. The Kier molecular flexibility index (Phi) is 5.93. The van der Waals surface area contributed by atoms with Gasteiger partial charge in [-0.3, -0.25) is 4.90 Å². The Labute approximate surface area is 180 Å². The number of nitrogens with zero attached hydrogens (tertiary/aromatic N) is 4. The molecule has 2 fully saturated rings. The summed E-state index contributed by atoms with van der Waals surface area (Å²) in [5.74, 6) is 0.631. The van der Waals surface area contributed by atoms with Crippen molar-refractivity contribution in [3.05, 3.63) is 51.7 Å². The molecule has 160 valence electrons. The van der Waals surface area contributed by atoms with Gasteiger partial charge in [-0.15, -0.1) is 0 Å². The summed E-state index contributed by atoms with van der Waals surface area (Å²) < 4.78 is 41.6. The van der Waals surface area contributed by atoms with Crippen LogP contribution in [0.3, 0.4) is 0 Å². The summed E-state index contributed by atoms with van der Waals surface area (Å²) in [6.07, 6.45) is -1.79. The highest BCUT2D eigenvalue weighted by Crippen LogP contribution is 2.50. The summed E-state index contributed by atoms with van der Waals surface area (Å²) in [7, 11) is 1.94. The van der Waals surface area contributed by atoms with Crippen LogP contribution in [0.25, 0.3) is 0 Å². The van der Waals surface area contributed by atoms with Crippen molar-refractivity contribution in [2.45, 2.75) is 31.6 Å². The molecule has 5 rings (SSSR count). The Morgan fingerprint density at radius 3 is 2.73 bits per heavy atom. The summed E-state index contributed by atoms with van der Waals surface area (Å²) in [6, 6.07) is 3.95. The number of hydrogen-bond donors (Lipinski definition) is 1. The maximum atomic E-state index is 14.1. The van der Waals surface area contributed by atoms with Crippen molar-refractivity contribution in [3.8, 4) is 0 Å². The van der Waals surface area contributed by atoms with Gasteiger partial charge in [-0.1, -0.05) is 30.1 Å². The molecule has 1 N–H and O–H groups in total. The van der Waals surface area contributed by atoms with Crippen molar-refractivity contribution < 1.29 is 18.0 Å². The minimum absolute atomic E-state index is 0.0376. The molecule has 1 aromatic carbocycles. The van der Waals surface area contributed by atoms with E-state index in [1.807, 2.05) is 11.9 Å². The van der Waals surface area contributed by atoms with Gasteiger partial charge in [0.25, 0.3) is 6.43 Å². The molecule has 6 nitrogen and oxygen atoms in total.